The second-order valence-corrected chi connectivity index (χ2v) is 8.04. The number of fused-ring (bicyclic) bond motifs is 2. The molecule has 150 valence electrons. The van der Waals surface area contributed by atoms with Crippen molar-refractivity contribution in [1.29, 1.82) is 0 Å². The van der Waals surface area contributed by atoms with Crippen molar-refractivity contribution < 1.29 is 13.7 Å². The third kappa shape index (κ3) is 3.53. The molecule has 1 saturated heterocycles. The lowest BCUT2D eigenvalue weighted by Crippen LogP contribution is -2.45. The fourth-order valence-corrected chi connectivity index (χ4v) is 4.66. The lowest BCUT2D eigenvalue weighted by Gasteiger charge is -2.37. The van der Waals surface area contributed by atoms with Crippen LogP contribution in [-0.4, -0.2) is 40.5 Å². The molecule has 1 aromatic heterocycles. The number of hydrogen-bond acceptors (Lipinski definition) is 4. The molecule has 5 nitrogen and oxygen atoms in total. The molecule has 29 heavy (non-hydrogen) atoms. The first-order valence-electron chi connectivity index (χ1n) is 10.3. The molecule has 1 atom stereocenters. The van der Waals surface area contributed by atoms with Crippen LogP contribution in [0.25, 0.3) is 11.0 Å². The highest BCUT2D eigenvalue weighted by atomic mass is 19.1. The van der Waals surface area contributed by atoms with Crippen molar-refractivity contribution >= 4 is 16.9 Å². The molecule has 3 heterocycles. The largest absolute Gasteiger partial charge is 0.356 e. The summed E-state index contributed by atoms with van der Waals surface area (Å²) in [7, 11) is 0. The van der Waals surface area contributed by atoms with E-state index in [1.165, 1.54) is 23.3 Å². The maximum absolute atomic E-state index is 13.5. The average molecular weight is 393 g/mol. The molecule has 2 aromatic carbocycles. The number of carbonyl (C=O) groups excluding carboxylic acids is 1. The van der Waals surface area contributed by atoms with Crippen LogP contribution in [0.2, 0.25) is 0 Å². The molecule has 0 saturated carbocycles. The number of halogens is 1. The van der Waals surface area contributed by atoms with Crippen molar-refractivity contribution in [2.75, 3.05) is 19.6 Å². The number of rotatable bonds is 3. The highest BCUT2D eigenvalue weighted by Gasteiger charge is 2.32. The Kier molecular flexibility index (Phi) is 4.79. The Morgan fingerprint density at radius 1 is 1.14 bits per heavy atom. The van der Waals surface area contributed by atoms with E-state index in [1.54, 1.807) is 6.07 Å². The summed E-state index contributed by atoms with van der Waals surface area (Å²) >= 11 is 0. The minimum Gasteiger partial charge on any atom is -0.356 e. The SMILES string of the molecule is O=C(CN1CCc2ccccc2C1)N1CCCCC1c1noc2cc(F)ccc12. The molecule has 3 aromatic rings. The molecule has 0 bridgehead atoms. The molecule has 1 unspecified atom stereocenters. The van der Waals surface area contributed by atoms with Crippen molar-refractivity contribution in [1.82, 2.24) is 15.0 Å². The minimum absolute atomic E-state index is 0.111. The standard InChI is InChI=1S/C23H24FN3O2/c24-18-8-9-19-21(13-18)29-25-23(19)20-7-3-4-11-27(20)22(28)15-26-12-10-16-5-1-2-6-17(16)14-26/h1-2,5-6,8-9,13,20H,3-4,7,10-12,14-15H2. The van der Waals surface area contributed by atoms with Crippen LogP contribution < -0.4 is 0 Å². The summed E-state index contributed by atoms with van der Waals surface area (Å²) in [5.74, 6) is -0.213. The van der Waals surface area contributed by atoms with Crippen molar-refractivity contribution in [2.45, 2.75) is 38.3 Å². The van der Waals surface area contributed by atoms with E-state index >= 15 is 0 Å². The molecular formula is C23H24FN3O2. The maximum atomic E-state index is 13.5. The zero-order chi connectivity index (χ0) is 19.8. The summed E-state index contributed by atoms with van der Waals surface area (Å²) in [6, 6.07) is 12.8. The maximum Gasteiger partial charge on any atom is 0.237 e. The van der Waals surface area contributed by atoms with Gasteiger partial charge in [0, 0.05) is 31.1 Å². The second kappa shape index (κ2) is 7.59. The van der Waals surface area contributed by atoms with E-state index in [0.29, 0.717) is 12.1 Å². The lowest BCUT2D eigenvalue weighted by atomic mass is 9.96. The van der Waals surface area contributed by atoms with E-state index in [0.717, 1.165) is 56.4 Å². The van der Waals surface area contributed by atoms with Crippen molar-refractivity contribution in [2.24, 2.45) is 0 Å². The summed E-state index contributed by atoms with van der Waals surface area (Å²) in [5.41, 5.74) is 3.88. The van der Waals surface area contributed by atoms with Gasteiger partial charge >= 0.3 is 0 Å². The molecular weight excluding hydrogens is 369 g/mol. The van der Waals surface area contributed by atoms with E-state index in [1.807, 2.05) is 4.90 Å². The first kappa shape index (κ1) is 18.3. The Hall–Kier alpha value is -2.73. The Balaban J connectivity index is 1.35. The number of likely N-dealkylation sites (tertiary alicyclic amines) is 1. The van der Waals surface area contributed by atoms with E-state index in [9.17, 15) is 9.18 Å². The Bertz CT molecular complexity index is 1050. The smallest absolute Gasteiger partial charge is 0.237 e. The molecule has 2 aliphatic rings. The third-order valence-corrected chi connectivity index (χ3v) is 6.17. The predicted octanol–water partition coefficient (Wildman–Crippen LogP) is 4.08. The van der Waals surface area contributed by atoms with Gasteiger partial charge in [0.05, 0.1) is 12.6 Å². The summed E-state index contributed by atoms with van der Waals surface area (Å²) < 4.78 is 18.9. The van der Waals surface area contributed by atoms with Gasteiger partial charge < -0.3 is 9.42 Å². The van der Waals surface area contributed by atoms with Crippen LogP contribution in [0.3, 0.4) is 0 Å². The highest BCUT2D eigenvalue weighted by Crippen LogP contribution is 2.35. The number of nitrogens with zero attached hydrogens (tertiary/aromatic N) is 3. The van der Waals surface area contributed by atoms with Crippen molar-refractivity contribution in [3.63, 3.8) is 0 Å². The number of benzene rings is 2. The van der Waals surface area contributed by atoms with Crippen LogP contribution in [0.5, 0.6) is 0 Å². The van der Waals surface area contributed by atoms with Gasteiger partial charge in [-0.2, -0.15) is 0 Å². The van der Waals surface area contributed by atoms with Gasteiger partial charge in [0.15, 0.2) is 5.58 Å². The van der Waals surface area contributed by atoms with Gasteiger partial charge in [0.2, 0.25) is 5.91 Å². The van der Waals surface area contributed by atoms with Crippen molar-refractivity contribution in [3.05, 3.63) is 65.1 Å². The molecule has 5 rings (SSSR count). The zero-order valence-corrected chi connectivity index (χ0v) is 16.3. The number of carbonyl (C=O) groups is 1. The monoisotopic (exact) mass is 393 g/mol. The normalized spacial score (nSPS) is 20.0. The Labute approximate surface area is 169 Å². The Morgan fingerprint density at radius 3 is 2.90 bits per heavy atom. The van der Waals surface area contributed by atoms with Crippen molar-refractivity contribution in [3.8, 4) is 0 Å². The molecule has 1 amide bonds. The van der Waals surface area contributed by atoms with Crippen LogP contribution in [-0.2, 0) is 17.8 Å². The molecule has 1 fully saturated rings. The van der Waals surface area contributed by atoms with Gasteiger partial charge in [-0.15, -0.1) is 0 Å². The average Bonchev–Trinajstić information content (AvgIpc) is 3.16. The Morgan fingerprint density at radius 2 is 2.00 bits per heavy atom. The van der Waals surface area contributed by atoms with Gasteiger partial charge in [-0.1, -0.05) is 29.4 Å². The van der Waals surface area contributed by atoms with E-state index in [4.69, 9.17) is 4.52 Å². The van der Waals surface area contributed by atoms with Gasteiger partial charge in [-0.3, -0.25) is 9.69 Å². The lowest BCUT2D eigenvalue weighted by molar-refractivity contribution is -0.136. The molecule has 0 N–H and O–H groups in total. The minimum atomic E-state index is -0.345. The molecule has 0 aliphatic carbocycles. The molecule has 0 radical (unpaired) electrons. The molecule has 0 spiro atoms. The number of piperidine rings is 1. The quantitative estimate of drug-likeness (QED) is 0.673. The van der Waals surface area contributed by atoms with Gasteiger partial charge in [-0.05, 0) is 48.9 Å². The number of amides is 1. The van der Waals surface area contributed by atoms with Gasteiger partial charge in [-0.25, -0.2) is 4.39 Å². The third-order valence-electron chi connectivity index (χ3n) is 6.17. The van der Waals surface area contributed by atoms with E-state index in [2.05, 4.69) is 34.3 Å². The van der Waals surface area contributed by atoms with E-state index < -0.39 is 0 Å². The second-order valence-electron chi connectivity index (χ2n) is 8.04. The van der Waals surface area contributed by atoms with Crippen LogP contribution >= 0.6 is 0 Å². The van der Waals surface area contributed by atoms with E-state index in [-0.39, 0.29) is 17.8 Å². The fraction of sp³-hybridized carbons (Fsp3) is 0.391. The predicted molar refractivity (Wildman–Crippen MR) is 108 cm³/mol. The number of aromatic nitrogens is 1. The highest BCUT2D eigenvalue weighted by molar-refractivity contribution is 5.82. The summed E-state index contributed by atoms with van der Waals surface area (Å²) in [6.45, 7) is 2.85. The molecule has 2 aliphatic heterocycles. The summed E-state index contributed by atoms with van der Waals surface area (Å²) in [4.78, 5) is 17.4. The fourth-order valence-electron chi connectivity index (χ4n) is 4.66. The van der Waals surface area contributed by atoms with Gasteiger partial charge in [0.1, 0.15) is 11.5 Å². The zero-order valence-electron chi connectivity index (χ0n) is 16.3. The summed E-state index contributed by atoms with van der Waals surface area (Å²) in [5, 5.41) is 5.01. The topological polar surface area (TPSA) is 49.6 Å². The number of hydrogen-bond donors (Lipinski definition) is 0. The van der Waals surface area contributed by atoms with Gasteiger partial charge in [0.25, 0.3) is 0 Å². The first-order chi connectivity index (χ1) is 14.2. The first-order valence-corrected chi connectivity index (χ1v) is 10.3. The molecule has 6 heteroatoms. The van der Waals surface area contributed by atoms with Crippen LogP contribution in [0.4, 0.5) is 4.39 Å². The summed E-state index contributed by atoms with van der Waals surface area (Å²) in [6.07, 6.45) is 3.87. The van der Waals surface area contributed by atoms with Crippen LogP contribution in [0.1, 0.15) is 42.1 Å². The van der Waals surface area contributed by atoms with Crippen LogP contribution in [0, 0.1) is 5.82 Å². The van der Waals surface area contributed by atoms with Crippen LogP contribution in [0.15, 0.2) is 47.0 Å².